The average Bonchev–Trinajstić information content (AvgIpc) is 3.30. The molecule has 0 aliphatic heterocycles. The molecule has 0 amide bonds. The van der Waals surface area contributed by atoms with Crippen molar-refractivity contribution in [2.24, 2.45) is 0 Å². The van der Waals surface area contributed by atoms with Crippen LogP contribution < -0.4 is 9.47 Å². The summed E-state index contributed by atoms with van der Waals surface area (Å²) in [6.07, 6.45) is 0. The quantitative estimate of drug-likeness (QED) is 0.576. The minimum Gasteiger partial charge on any atom is -0.496 e. The lowest BCUT2D eigenvalue weighted by atomic mass is 10.0. The van der Waals surface area contributed by atoms with Crippen molar-refractivity contribution in [2.75, 3.05) is 20.8 Å². The van der Waals surface area contributed by atoms with Crippen LogP contribution in [0.25, 0.3) is 11.1 Å². The fourth-order valence-electron chi connectivity index (χ4n) is 2.90. The number of thiophene rings is 1. The number of carbonyl (C=O) groups is 1. The van der Waals surface area contributed by atoms with E-state index in [2.05, 4.69) is 0 Å². The van der Waals surface area contributed by atoms with Crippen LogP contribution in [-0.2, 0) is 11.3 Å². The van der Waals surface area contributed by atoms with Crippen LogP contribution in [0, 0.1) is 0 Å². The second-order valence-electron chi connectivity index (χ2n) is 5.54. The van der Waals surface area contributed by atoms with Gasteiger partial charge in [-0.05, 0) is 24.4 Å². The maximum Gasteiger partial charge on any atom is 0.355 e. The Hall–Kier alpha value is -2.73. The Labute approximate surface area is 156 Å². The van der Waals surface area contributed by atoms with E-state index in [0.717, 1.165) is 16.0 Å². The van der Waals surface area contributed by atoms with Crippen molar-refractivity contribution < 1.29 is 19.0 Å². The monoisotopic (exact) mass is 371 g/mol. The molecule has 0 saturated heterocycles. The lowest BCUT2D eigenvalue weighted by Crippen LogP contribution is -2.13. The number of ether oxygens (including phenoxy) is 3. The zero-order valence-corrected chi connectivity index (χ0v) is 15.8. The van der Waals surface area contributed by atoms with Gasteiger partial charge in [-0.15, -0.1) is 11.3 Å². The second kappa shape index (κ2) is 8.10. The Bertz CT molecular complexity index is 883. The van der Waals surface area contributed by atoms with Gasteiger partial charge in [0, 0.05) is 22.1 Å². The molecule has 6 heteroatoms. The van der Waals surface area contributed by atoms with Gasteiger partial charge in [-0.1, -0.05) is 24.3 Å². The maximum absolute atomic E-state index is 12.6. The first kappa shape index (κ1) is 18.1. The van der Waals surface area contributed by atoms with Crippen molar-refractivity contribution in [3.05, 3.63) is 58.4 Å². The molecule has 0 aliphatic carbocycles. The van der Waals surface area contributed by atoms with E-state index in [1.54, 1.807) is 18.4 Å². The second-order valence-corrected chi connectivity index (χ2v) is 6.57. The first-order valence-corrected chi connectivity index (χ1v) is 9.18. The molecule has 136 valence electrons. The Morgan fingerprint density at radius 2 is 1.92 bits per heavy atom. The van der Waals surface area contributed by atoms with Gasteiger partial charge in [-0.3, -0.25) is 0 Å². The molecule has 0 unspecified atom stereocenters. The minimum absolute atomic E-state index is 0.409. The molecule has 0 fully saturated rings. The predicted molar refractivity (Wildman–Crippen MR) is 102 cm³/mol. The van der Waals surface area contributed by atoms with Crippen molar-refractivity contribution in [1.82, 2.24) is 4.57 Å². The Morgan fingerprint density at radius 3 is 2.58 bits per heavy atom. The van der Waals surface area contributed by atoms with Gasteiger partial charge in [-0.2, -0.15) is 0 Å². The summed E-state index contributed by atoms with van der Waals surface area (Å²) < 4.78 is 18.2. The molecular formula is C20H21NO4S. The molecule has 0 saturated carbocycles. The number of nitrogens with zero attached hydrogens (tertiary/aromatic N) is 1. The van der Waals surface area contributed by atoms with Crippen molar-refractivity contribution in [1.29, 1.82) is 0 Å². The fraction of sp³-hybridized carbons (Fsp3) is 0.250. The largest absolute Gasteiger partial charge is 0.496 e. The van der Waals surface area contributed by atoms with E-state index in [0.29, 0.717) is 30.5 Å². The zero-order valence-electron chi connectivity index (χ0n) is 15.0. The van der Waals surface area contributed by atoms with E-state index < -0.39 is 5.97 Å². The highest BCUT2D eigenvalue weighted by Crippen LogP contribution is 2.38. The van der Waals surface area contributed by atoms with E-state index in [4.69, 9.17) is 14.2 Å². The van der Waals surface area contributed by atoms with Gasteiger partial charge in [0.1, 0.15) is 11.4 Å². The van der Waals surface area contributed by atoms with Crippen LogP contribution in [-0.4, -0.2) is 31.4 Å². The molecule has 1 aromatic carbocycles. The van der Waals surface area contributed by atoms with Crippen LogP contribution in [0.4, 0.5) is 0 Å². The molecule has 3 aromatic rings. The van der Waals surface area contributed by atoms with Gasteiger partial charge in [0.25, 0.3) is 0 Å². The van der Waals surface area contributed by atoms with Crippen molar-refractivity contribution in [3.63, 3.8) is 0 Å². The molecule has 0 radical (unpaired) electrons. The van der Waals surface area contributed by atoms with E-state index in [9.17, 15) is 4.79 Å². The van der Waals surface area contributed by atoms with Crippen LogP contribution in [0.15, 0.2) is 47.8 Å². The Balaban J connectivity index is 2.21. The number of hydrogen-bond acceptors (Lipinski definition) is 5. The van der Waals surface area contributed by atoms with E-state index >= 15 is 0 Å². The highest BCUT2D eigenvalue weighted by atomic mass is 32.1. The number of aromatic nitrogens is 1. The van der Waals surface area contributed by atoms with Crippen LogP contribution >= 0.6 is 11.3 Å². The molecule has 0 N–H and O–H groups in total. The normalized spacial score (nSPS) is 10.6. The third-order valence-electron chi connectivity index (χ3n) is 4.02. The van der Waals surface area contributed by atoms with Gasteiger partial charge < -0.3 is 18.8 Å². The van der Waals surface area contributed by atoms with Gasteiger partial charge >= 0.3 is 5.97 Å². The summed E-state index contributed by atoms with van der Waals surface area (Å²) in [7, 11) is 3.00. The molecule has 2 aromatic heterocycles. The fourth-order valence-corrected chi connectivity index (χ4v) is 3.59. The third kappa shape index (κ3) is 3.46. The molecule has 0 atom stereocenters. The standard InChI is InChI=1S/C20H21NO4S/c1-4-25-18-12-16(15-9-5-6-10-17(15)23-2)19(20(22)24-3)21(18)13-14-8-7-11-26-14/h5-12H,4,13H2,1-3H3. The van der Waals surface area contributed by atoms with Crippen LogP contribution in [0.5, 0.6) is 11.6 Å². The van der Waals surface area contributed by atoms with E-state index in [1.165, 1.54) is 7.11 Å². The summed E-state index contributed by atoms with van der Waals surface area (Å²) in [5, 5.41) is 2.01. The summed E-state index contributed by atoms with van der Waals surface area (Å²) in [5.41, 5.74) is 2.00. The van der Waals surface area contributed by atoms with Gasteiger partial charge in [-0.25, -0.2) is 4.79 Å². The number of rotatable bonds is 7. The molecule has 26 heavy (non-hydrogen) atoms. The molecule has 3 rings (SSSR count). The topological polar surface area (TPSA) is 49.7 Å². The molecule has 0 bridgehead atoms. The van der Waals surface area contributed by atoms with Crippen molar-refractivity contribution in [2.45, 2.75) is 13.5 Å². The number of methoxy groups -OCH3 is 2. The number of hydrogen-bond donors (Lipinski definition) is 0. The van der Waals surface area contributed by atoms with E-state index in [1.807, 2.05) is 59.3 Å². The minimum atomic E-state index is -0.409. The number of para-hydroxylation sites is 1. The Kier molecular flexibility index (Phi) is 5.63. The van der Waals surface area contributed by atoms with Gasteiger partial charge in [0.2, 0.25) is 0 Å². The maximum atomic E-state index is 12.6. The zero-order chi connectivity index (χ0) is 18.5. The Morgan fingerprint density at radius 1 is 1.12 bits per heavy atom. The SMILES string of the molecule is CCOc1cc(-c2ccccc2OC)c(C(=O)OC)n1Cc1cccs1. The summed E-state index contributed by atoms with van der Waals surface area (Å²) in [5.74, 6) is 0.907. The molecule has 0 spiro atoms. The highest BCUT2D eigenvalue weighted by Gasteiger charge is 2.25. The molecular weight excluding hydrogens is 350 g/mol. The summed E-state index contributed by atoms with van der Waals surface area (Å²) in [6, 6.07) is 13.5. The van der Waals surface area contributed by atoms with Gasteiger partial charge in [0.05, 0.1) is 27.4 Å². The van der Waals surface area contributed by atoms with Crippen LogP contribution in [0.2, 0.25) is 0 Å². The smallest absolute Gasteiger partial charge is 0.355 e. The highest BCUT2D eigenvalue weighted by molar-refractivity contribution is 7.09. The summed E-state index contributed by atoms with van der Waals surface area (Å²) in [6.45, 7) is 2.95. The predicted octanol–water partition coefficient (Wildman–Crippen LogP) is 4.46. The van der Waals surface area contributed by atoms with Crippen molar-refractivity contribution in [3.8, 4) is 22.8 Å². The average molecular weight is 371 g/mol. The molecule has 5 nitrogen and oxygen atoms in total. The number of benzene rings is 1. The molecule has 0 aliphatic rings. The van der Waals surface area contributed by atoms with Crippen LogP contribution in [0.1, 0.15) is 22.3 Å². The summed E-state index contributed by atoms with van der Waals surface area (Å²) in [4.78, 5) is 13.8. The lowest BCUT2D eigenvalue weighted by molar-refractivity contribution is 0.0588. The lowest BCUT2D eigenvalue weighted by Gasteiger charge is -2.13. The number of carbonyl (C=O) groups excluding carboxylic acids is 1. The first-order valence-electron chi connectivity index (χ1n) is 8.30. The van der Waals surface area contributed by atoms with Gasteiger partial charge in [0.15, 0.2) is 5.88 Å². The first-order chi connectivity index (χ1) is 12.7. The summed E-state index contributed by atoms with van der Waals surface area (Å²) >= 11 is 1.63. The van der Waals surface area contributed by atoms with E-state index in [-0.39, 0.29) is 0 Å². The molecule has 2 heterocycles. The third-order valence-corrected chi connectivity index (χ3v) is 4.88. The number of esters is 1. The van der Waals surface area contributed by atoms with Crippen LogP contribution in [0.3, 0.4) is 0 Å². The van der Waals surface area contributed by atoms with Crippen molar-refractivity contribution >= 4 is 17.3 Å².